The highest BCUT2D eigenvalue weighted by atomic mass is 127. The van der Waals surface area contributed by atoms with E-state index in [0.29, 0.717) is 3.92 Å². The molecule has 0 N–H and O–H groups in total. The normalized spacial score (nSPS) is 12.2. The van der Waals surface area contributed by atoms with E-state index in [0.717, 1.165) is 12.2 Å². The average Bonchev–Trinajstić information content (AvgIpc) is 2.25. The molecule has 0 bridgehead atoms. The van der Waals surface area contributed by atoms with Crippen LogP contribution < -0.4 is 4.74 Å². The van der Waals surface area contributed by atoms with Crippen molar-refractivity contribution in [3.05, 3.63) is 35.9 Å². The van der Waals surface area contributed by atoms with Crippen molar-refractivity contribution in [2.75, 3.05) is 7.11 Å². The summed E-state index contributed by atoms with van der Waals surface area (Å²) in [5.41, 5.74) is 2.54. The molecule has 0 radical (unpaired) electrons. The SMILES string of the molecule is C=Cc1ccc(OC)cc1CCC(C)I. The Morgan fingerprint density at radius 2 is 2.27 bits per heavy atom. The number of halogens is 1. The maximum absolute atomic E-state index is 5.22. The molecule has 15 heavy (non-hydrogen) atoms. The predicted octanol–water partition coefficient (Wildman–Crippen LogP) is 4.09. The van der Waals surface area contributed by atoms with E-state index < -0.39 is 0 Å². The molecule has 0 aromatic heterocycles. The second-order valence-electron chi connectivity index (χ2n) is 3.59. The van der Waals surface area contributed by atoms with Gasteiger partial charge in [-0.15, -0.1) is 0 Å². The first-order valence-electron chi connectivity index (χ1n) is 5.10. The fraction of sp³-hybridized carbons (Fsp3) is 0.385. The van der Waals surface area contributed by atoms with Crippen molar-refractivity contribution in [1.29, 1.82) is 0 Å². The molecule has 0 saturated heterocycles. The van der Waals surface area contributed by atoms with Crippen molar-refractivity contribution in [3.63, 3.8) is 0 Å². The highest BCUT2D eigenvalue weighted by Crippen LogP contribution is 2.21. The maximum Gasteiger partial charge on any atom is 0.119 e. The number of ether oxygens (including phenoxy) is 1. The van der Waals surface area contributed by atoms with Crippen molar-refractivity contribution in [2.45, 2.75) is 23.7 Å². The highest BCUT2D eigenvalue weighted by Gasteiger charge is 2.03. The summed E-state index contributed by atoms with van der Waals surface area (Å²) in [6.45, 7) is 6.06. The first-order chi connectivity index (χ1) is 7.17. The van der Waals surface area contributed by atoms with E-state index in [4.69, 9.17) is 4.74 Å². The van der Waals surface area contributed by atoms with Gasteiger partial charge in [-0.1, -0.05) is 48.2 Å². The summed E-state index contributed by atoms with van der Waals surface area (Å²) in [5.74, 6) is 0.928. The smallest absolute Gasteiger partial charge is 0.119 e. The number of alkyl halides is 1. The molecule has 0 aliphatic heterocycles. The summed E-state index contributed by atoms with van der Waals surface area (Å²) >= 11 is 2.45. The molecule has 0 saturated carbocycles. The third kappa shape index (κ3) is 3.86. The molecule has 1 aromatic carbocycles. The number of benzene rings is 1. The molecule has 0 spiro atoms. The summed E-state index contributed by atoms with van der Waals surface area (Å²) in [6, 6.07) is 6.16. The van der Waals surface area contributed by atoms with Crippen LogP contribution in [0.15, 0.2) is 24.8 Å². The second kappa shape index (κ2) is 6.16. The van der Waals surface area contributed by atoms with Gasteiger partial charge in [0, 0.05) is 3.92 Å². The van der Waals surface area contributed by atoms with Gasteiger partial charge in [0.15, 0.2) is 0 Å². The number of hydrogen-bond acceptors (Lipinski definition) is 1. The van der Waals surface area contributed by atoms with Gasteiger partial charge in [-0.2, -0.15) is 0 Å². The molecule has 0 aliphatic carbocycles. The van der Waals surface area contributed by atoms with E-state index in [-0.39, 0.29) is 0 Å². The van der Waals surface area contributed by atoms with E-state index >= 15 is 0 Å². The summed E-state index contributed by atoms with van der Waals surface area (Å²) < 4.78 is 5.93. The van der Waals surface area contributed by atoms with Crippen molar-refractivity contribution < 1.29 is 4.74 Å². The van der Waals surface area contributed by atoms with Crippen molar-refractivity contribution in [2.24, 2.45) is 0 Å². The first-order valence-corrected chi connectivity index (χ1v) is 6.35. The fourth-order valence-electron chi connectivity index (χ4n) is 1.48. The minimum absolute atomic E-state index is 0.700. The standard InChI is InChI=1S/C13H17IO/c1-4-11-7-8-13(15-3)9-12(11)6-5-10(2)14/h4,7-10H,1,5-6H2,2-3H3. The van der Waals surface area contributed by atoms with Crippen LogP contribution in [0.2, 0.25) is 0 Å². The molecule has 1 rings (SSSR count). The van der Waals surface area contributed by atoms with Gasteiger partial charge in [0.1, 0.15) is 5.75 Å². The molecule has 82 valence electrons. The van der Waals surface area contributed by atoms with Crippen LogP contribution >= 0.6 is 22.6 Å². The molecule has 1 nitrogen and oxygen atoms in total. The van der Waals surface area contributed by atoms with Crippen molar-refractivity contribution in [3.8, 4) is 5.75 Å². The minimum atomic E-state index is 0.700. The molecule has 1 unspecified atom stereocenters. The lowest BCUT2D eigenvalue weighted by Crippen LogP contribution is -1.97. The van der Waals surface area contributed by atoms with Gasteiger partial charge >= 0.3 is 0 Å². The second-order valence-corrected chi connectivity index (χ2v) is 5.71. The van der Waals surface area contributed by atoms with Crippen LogP contribution in [0.25, 0.3) is 6.08 Å². The monoisotopic (exact) mass is 316 g/mol. The van der Waals surface area contributed by atoms with Crippen LogP contribution in [0.1, 0.15) is 24.5 Å². The van der Waals surface area contributed by atoms with Crippen molar-refractivity contribution >= 4 is 28.7 Å². The molecule has 0 aliphatic rings. The lowest BCUT2D eigenvalue weighted by atomic mass is 10.0. The van der Waals surface area contributed by atoms with Crippen molar-refractivity contribution in [1.82, 2.24) is 0 Å². The van der Waals surface area contributed by atoms with Crippen LogP contribution in [0.4, 0.5) is 0 Å². The summed E-state index contributed by atoms with van der Waals surface area (Å²) in [5, 5.41) is 0. The van der Waals surface area contributed by atoms with Gasteiger partial charge in [-0.3, -0.25) is 0 Å². The molecular formula is C13H17IO. The first kappa shape index (κ1) is 12.6. The zero-order chi connectivity index (χ0) is 11.3. The van der Waals surface area contributed by atoms with Gasteiger partial charge < -0.3 is 4.74 Å². The number of methoxy groups -OCH3 is 1. The number of rotatable bonds is 5. The van der Waals surface area contributed by atoms with Gasteiger partial charge in [0.05, 0.1) is 7.11 Å². The van der Waals surface area contributed by atoms with Crippen LogP contribution in [0, 0.1) is 0 Å². The van der Waals surface area contributed by atoms with Crippen LogP contribution in [0.3, 0.4) is 0 Å². The molecular weight excluding hydrogens is 299 g/mol. The Bertz CT molecular complexity index is 331. The zero-order valence-corrected chi connectivity index (χ0v) is 11.5. The van der Waals surface area contributed by atoms with Crippen LogP contribution in [-0.2, 0) is 6.42 Å². The minimum Gasteiger partial charge on any atom is -0.497 e. The third-order valence-corrected chi connectivity index (χ3v) is 3.00. The van der Waals surface area contributed by atoms with E-state index in [9.17, 15) is 0 Å². The topological polar surface area (TPSA) is 9.23 Å². The lowest BCUT2D eigenvalue weighted by Gasteiger charge is -2.09. The molecule has 1 atom stereocenters. The largest absolute Gasteiger partial charge is 0.497 e. The lowest BCUT2D eigenvalue weighted by molar-refractivity contribution is 0.414. The van der Waals surface area contributed by atoms with E-state index in [2.05, 4.69) is 48.2 Å². The average molecular weight is 316 g/mol. The Morgan fingerprint density at radius 3 is 2.80 bits per heavy atom. The summed E-state index contributed by atoms with van der Waals surface area (Å²) in [4.78, 5) is 0. The van der Waals surface area contributed by atoms with E-state index in [1.807, 2.05) is 12.1 Å². The molecule has 0 fully saturated rings. The predicted molar refractivity (Wildman–Crippen MR) is 74.9 cm³/mol. The quantitative estimate of drug-likeness (QED) is 0.587. The van der Waals surface area contributed by atoms with Crippen LogP contribution in [0.5, 0.6) is 5.75 Å². The Morgan fingerprint density at radius 1 is 1.53 bits per heavy atom. The number of hydrogen-bond donors (Lipinski definition) is 0. The van der Waals surface area contributed by atoms with Crippen LogP contribution in [-0.4, -0.2) is 11.0 Å². The Hall–Kier alpha value is -0.510. The highest BCUT2D eigenvalue weighted by molar-refractivity contribution is 14.1. The number of aryl methyl sites for hydroxylation is 1. The van der Waals surface area contributed by atoms with E-state index in [1.54, 1.807) is 7.11 Å². The Labute approximate surface area is 106 Å². The molecule has 2 heteroatoms. The van der Waals surface area contributed by atoms with E-state index in [1.165, 1.54) is 17.5 Å². The fourth-order valence-corrected chi connectivity index (χ4v) is 1.79. The summed E-state index contributed by atoms with van der Waals surface area (Å²) in [6.07, 6.45) is 4.18. The zero-order valence-electron chi connectivity index (χ0n) is 9.29. The molecule has 0 heterocycles. The molecule has 1 aromatic rings. The third-order valence-electron chi connectivity index (χ3n) is 2.38. The van der Waals surface area contributed by atoms with Gasteiger partial charge in [-0.25, -0.2) is 0 Å². The Balaban J connectivity index is 2.86. The maximum atomic E-state index is 5.22. The molecule has 0 amide bonds. The van der Waals surface area contributed by atoms with Gasteiger partial charge in [-0.05, 0) is 36.1 Å². The van der Waals surface area contributed by atoms with Gasteiger partial charge in [0.2, 0.25) is 0 Å². The van der Waals surface area contributed by atoms with Gasteiger partial charge in [0.25, 0.3) is 0 Å². The Kier molecular flexibility index (Phi) is 5.15. The summed E-state index contributed by atoms with van der Waals surface area (Å²) in [7, 11) is 1.70.